The zero-order valence-electron chi connectivity index (χ0n) is 13.1. The van der Waals surface area contributed by atoms with Gasteiger partial charge in [-0.25, -0.2) is 8.42 Å². The summed E-state index contributed by atoms with van der Waals surface area (Å²) in [6.45, 7) is 7.22. The van der Waals surface area contributed by atoms with E-state index in [0.717, 1.165) is 13.1 Å². The Morgan fingerprint density at radius 1 is 0.900 bits per heavy atom. The first kappa shape index (κ1) is 16.2. The van der Waals surface area contributed by atoms with E-state index >= 15 is 0 Å². The van der Waals surface area contributed by atoms with Gasteiger partial charge in [0.05, 0.1) is 5.75 Å². The molecular formula is C15H30N2O2S. The Bertz CT molecular complexity index is 392. The first-order valence-corrected chi connectivity index (χ1v) is 9.88. The fraction of sp³-hybridized carbons (Fsp3) is 1.00. The van der Waals surface area contributed by atoms with Crippen molar-refractivity contribution in [1.82, 2.24) is 9.21 Å². The van der Waals surface area contributed by atoms with Crippen molar-refractivity contribution >= 4 is 10.0 Å². The van der Waals surface area contributed by atoms with Crippen LogP contribution in [0.1, 0.15) is 58.8 Å². The minimum atomic E-state index is -3.00. The first-order valence-electron chi connectivity index (χ1n) is 8.27. The predicted molar refractivity (Wildman–Crippen MR) is 83.3 cm³/mol. The van der Waals surface area contributed by atoms with Crippen LogP contribution in [0.4, 0.5) is 0 Å². The minimum Gasteiger partial charge on any atom is -0.295 e. The molecule has 1 aliphatic carbocycles. The van der Waals surface area contributed by atoms with E-state index in [1.165, 1.54) is 44.9 Å². The van der Waals surface area contributed by atoms with Gasteiger partial charge in [-0.05, 0) is 26.2 Å². The summed E-state index contributed by atoms with van der Waals surface area (Å²) in [4.78, 5) is 2.60. The highest BCUT2D eigenvalue weighted by molar-refractivity contribution is 7.89. The van der Waals surface area contributed by atoms with Gasteiger partial charge in [-0.3, -0.25) is 4.90 Å². The lowest BCUT2D eigenvalue weighted by atomic mass is 9.85. The molecular weight excluding hydrogens is 272 g/mol. The van der Waals surface area contributed by atoms with E-state index in [1.807, 2.05) is 0 Å². The summed E-state index contributed by atoms with van der Waals surface area (Å²) in [5.41, 5.74) is 0.346. The Hall–Kier alpha value is -0.130. The second-order valence-electron chi connectivity index (χ2n) is 6.28. The monoisotopic (exact) mass is 302 g/mol. The van der Waals surface area contributed by atoms with Crippen molar-refractivity contribution in [2.24, 2.45) is 0 Å². The zero-order valence-corrected chi connectivity index (χ0v) is 13.9. The lowest BCUT2D eigenvalue weighted by molar-refractivity contribution is 0.0375. The number of hydrogen-bond acceptors (Lipinski definition) is 3. The maximum atomic E-state index is 11.9. The van der Waals surface area contributed by atoms with Gasteiger partial charge in [0, 0.05) is 31.7 Å². The number of hydrogen-bond donors (Lipinski definition) is 0. The van der Waals surface area contributed by atoms with Crippen molar-refractivity contribution in [3.05, 3.63) is 0 Å². The SMILES string of the molecule is CCC1(N2CCN(S(=O)(=O)CC)CC2)CCCCCC1. The Kier molecular flexibility index (Phi) is 5.49. The number of nitrogens with zero attached hydrogens (tertiary/aromatic N) is 2. The second kappa shape index (κ2) is 6.75. The summed E-state index contributed by atoms with van der Waals surface area (Å²) in [7, 11) is -3.00. The van der Waals surface area contributed by atoms with Crippen molar-refractivity contribution < 1.29 is 8.42 Å². The van der Waals surface area contributed by atoms with E-state index in [1.54, 1.807) is 11.2 Å². The van der Waals surface area contributed by atoms with Crippen LogP contribution in [-0.4, -0.2) is 55.1 Å². The third-order valence-corrected chi connectivity index (χ3v) is 7.24. The van der Waals surface area contributed by atoms with Gasteiger partial charge in [0.15, 0.2) is 0 Å². The largest absolute Gasteiger partial charge is 0.295 e. The molecule has 0 bridgehead atoms. The number of sulfonamides is 1. The number of piperazine rings is 1. The van der Waals surface area contributed by atoms with Gasteiger partial charge in [0.2, 0.25) is 10.0 Å². The van der Waals surface area contributed by atoms with Gasteiger partial charge in [-0.1, -0.05) is 32.6 Å². The molecule has 1 aliphatic heterocycles. The average Bonchev–Trinajstić information content (AvgIpc) is 2.74. The molecule has 0 amide bonds. The highest BCUT2D eigenvalue weighted by Gasteiger charge is 2.38. The fourth-order valence-electron chi connectivity index (χ4n) is 3.90. The third-order valence-electron chi connectivity index (χ3n) is 5.36. The highest BCUT2D eigenvalue weighted by atomic mass is 32.2. The van der Waals surface area contributed by atoms with Gasteiger partial charge in [0.25, 0.3) is 0 Å². The standard InChI is InChI=1S/C15H30N2O2S/c1-3-15(9-7-5-6-8-10-15)16-11-13-17(14-12-16)20(18,19)4-2/h3-14H2,1-2H3. The lowest BCUT2D eigenvalue weighted by Crippen LogP contribution is -2.57. The molecule has 0 unspecified atom stereocenters. The van der Waals surface area contributed by atoms with Crippen molar-refractivity contribution in [2.45, 2.75) is 64.3 Å². The highest BCUT2D eigenvalue weighted by Crippen LogP contribution is 2.36. The average molecular weight is 302 g/mol. The normalized spacial score (nSPS) is 26.3. The van der Waals surface area contributed by atoms with E-state index in [9.17, 15) is 8.42 Å². The van der Waals surface area contributed by atoms with Crippen LogP contribution in [0.3, 0.4) is 0 Å². The summed E-state index contributed by atoms with van der Waals surface area (Å²) < 4.78 is 25.6. The molecule has 1 saturated carbocycles. The van der Waals surface area contributed by atoms with Gasteiger partial charge >= 0.3 is 0 Å². The summed E-state index contributed by atoms with van der Waals surface area (Å²) in [6.07, 6.45) is 9.20. The van der Waals surface area contributed by atoms with Crippen molar-refractivity contribution in [2.75, 3.05) is 31.9 Å². The van der Waals surface area contributed by atoms with E-state index in [-0.39, 0.29) is 5.75 Å². The smallest absolute Gasteiger partial charge is 0.213 e. The van der Waals surface area contributed by atoms with Crippen LogP contribution < -0.4 is 0 Å². The predicted octanol–water partition coefficient (Wildman–Crippen LogP) is 2.46. The summed E-state index contributed by atoms with van der Waals surface area (Å²) in [5.74, 6) is 0.228. The zero-order chi connectivity index (χ0) is 14.6. The summed E-state index contributed by atoms with van der Waals surface area (Å²) in [5, 5.41) is 0. The Balaban J connectivity index is 2.01. The molecule has 118 valence electrons. The summed E-state index contributed by atoms with van der Waals surface area (Å²) >= 11 is 0. The van der Waals surface area contributed by atoms with Crippen molar-refractivity contribution in [1.29, 1.82) is 0 Å². The van der Waals surface area contributed by atoms with Crippen LogP contribution in [0.25, 0.3) is 0 Å². The van der Waals surface area contributed by atoms with E-state index in [0.29, 0.717) is 18.6 Å². The molecule has 2 fully saturated rings. The molecule has 4 nitrogen and oxygen atoms in total. The van der Waals surface area contributed by atoms with Gasteiger partial charge in [-0.15, -0.1) is 0 Å². The van der Waals surface area contributed by atoms with Crippen LogP contribution in [0, 0.1) is 0 Å². The molecule has 0 spiro atoms. The molecule has 5 heteroatoms. The van der Waals surface area contributed by atoms with Crippen molar-refractivity contribution in [3.8, 4) is 0 Å². The van der Waals surface area contributed by atoms with Crippen LogP contribution in [-0.2, 0) is 10.0 Å². The molecule has 0 radical (unpaired) electrons. The van der Waals surface area contributed by atoms with Gasteiger partial charge < -0.3 is 0 Å². The van der Waals surface area contributed by atoms with E-state index in [2.05, 4.69) is 11.8 Å². The summed E-state index contributed by atoms with van der Waals surface area (Å²) in [6, 6.07) is 0. The Morgan fingerprint density at radius 2 is 1.45 bits per heavy atom. The van der Waals surface area contributed by atoms with Gasteiger partial charge in [-0.2, -0.15) is 4.31 Å². The first-order chi connectivity index (χ1) is 9.54. The number of rotatable bonds is 4. The molecule has 0 aromatic heterocycles. The van der Waals surface area contributed by atoms with Gasteiger partial charge in [0.1, 0.15) is 0 Å². The lowest BCUT2D eigenvalue weighted by Gasteiger charge is -2.47. The molecule has 0 N–H and O–H groups in total. The molecule has 0 atom stereocenters. The Labute approximate surface area is 124 Å². The molecule has 0 aromatic carbocycles. The second-order valence-corrected chi connectivity index (χ2v) is 8.54. The third kappa shape index (κ3) is 3.37. The fourth-order valence-corrected chi connectivity index (χ4v) is 4.99. The van der Waals surface area contributed by atoms with Crippen molar-refractivity contribution in [3.63, 3.8) is 0 Å². The maximum Gasteiger partial charge on any atom is 0.213 e. The van der Waals surface area contributed by atoms with E-state index in [4.69, 9.17) is 0 Å². The molecule has 20 heavy (non-hydrogen) atoms. The van der Waals surface area contributed by atoms with Crippen LogP contribution in [0.5, 0.6) is 0 Å². The quantitative estimate of drug-likeness (QED) is 0.749. The van der Waals surface area contributed by atoms with Crippen LogP contribution in [0.2, 0.25) is 0 Å². The molecule has 0 aromatic rings. The molecule has 2 rings (SSSR count). The maximum absolute atomic E-state index is 11.9. The molecule has 2 aliphatic rings. The minimum absolute atomic E-state index is 0.228. The van der Waals surface area contributed by atoms with Crippen LogP contribution >= 0.6 is 0 Å². The topological polar surface area (TPSA) is 40.6 Å². The molecule has 1 heterocycles. The Morgan fingerprint density at radius 3 is 1.90 bits per heavy atom. The molecule has 1 saturated heterocycles. The van der Waals surface area contributed by atoms with E-state index < -0.39 is 10.0 Å². The van der Waals surface area contributed by atoms with Crippen LogP contribution in [0.15, 0.2) is 0 Å².